The number of benzene rings is 1. The van der Waals surface area contributed by atoms with Gasteiger partial charge in [0.2, 0.25) is 5.78 Å². The van der Waals surface area contributed by atoms with Crippen molar-refractivity contribution in [2.24, 2.45) is 0 Å². The Morgan fingerprint density at radius 1 is 1.33 bits per heavy atom. The Balaban J connectivity index is 2.84. The molecule has 1 aromatic rings. The Hall–Kier alpha value is -2.04. The number of carbonyl (C=O) groups is 2. The van der Waals surface area contributed by atoms with E-state index in [0.717, 1.165) is 6.92 Å². The first kappa shape index (κ1) is 11.0. The van der Waals surface area contributed by atoms with Crippen LogP contribution in [0.3, 0.4) is 0 Å². The van der Waals surface area contributed by atoms with Crippen molar-refractivity contribution in [3.05, 3.63) is 18.2 Å². The second kappa shape index (κ2) is 4.45. The molecule has 1 aromatic carbocycles. The zero-order chi connectivity index (χ0) is 11.4. The van der Waals surface area contributed by atoms with Gasteiger partial charge in [0, 0.05) is 13.0 Å². The van der Waals surface area contributed by atoms with Crippen LogP contribution in [-0.4, -0.2) is 24.0 Å². The lowest BCUT2D eigenvalue weighted by Gasteiger charge is -2.05. The lowest BCUT2D eigenvalue weighted by atomic mass is 10.3. The molecule has 5 nitrogen and oxygen atoms in total. The molecule has 0 aliphatic heterocycles. The predicted octanol–water partition coefficient (Wildman–Crippen LogP) is 0.895. The van der Waals surface area contributed by atoms with Crippen LogP contribution in [0.15, 0.2) is 18.2 Å². The van der Waals surface area contributed by atoms with E-state index < -0.39 is 11.8 Å². The van der Waals surface area contributed by atoms with Gasteiger partial charge in [-0.25, -0.2) is 4.79 Å². The maximum atomic E-state index is 10.9. The summed E-state index contributed by atoms with van der Waals surface area (Å²) in [5.41, 5.74) is 0. The van der Waals surface area contributed by atoms with Crippen LogP contribution in [0.25, 0.3) is 0 Å². The van der Waals surface area contributed by atoms with E-state index in [1.54, 1.807) is 0 Å². The highest BCUT2D eigenvalue weighted by atomic mass is 16.5. The number of carbonyl (C=O) groups excluding carboxylic acids is 2. The van der Waals surface area contributed by atoms with Crippen molar-refractivity contribution in [2.75, 3.05) is 7.11 Å². The second-order valence-corrected chi connectivity index (χ2v) is 2.78. The van der Waals surface area contributed by atoms with Gasteiger partial charge in [-0.05, 0) is 12.1 Å². The minimum atomic E-state index is -0.973. The Kier molecular flexibility index (Phi) is 3.28. The number of phenols is 1. The number of ketones is 1. The number of phenolic OH excluding ortho intramolecular Hbond substituents is 1. The normalized spacial score (nSPS) is 9.47. The molecule has 0 saturated heterocycles. The minimum absolute atomic E-state index is 0.0912. The zero-order valence-electron chi connectivity index (χ0n) is 8.31. The van der Waals surface area contributed by atoms with E-state index in [9.17, 15) is 14.7 Å². The van der Waals surface area contributed by atoms with Crippen LogP contribution >= 0.6 is 0 Å². The Bertz CT molecular complexity index is 397. The first-order valence-corrected chi connectivity index (χ1v) is 4.14. The van der Waals surface area contributed by atoms with E-state index >= 15 is 0 Å². The van der Waals surface area contributed by atoms with Gasteiger partial charge in [-0.1, -0.05) is 0 Å². The minimum Gasteiger partial charge on any atom is -0.504 e. The molecule has 0 atom stereocenters. The van der Waals surface area contributed by atoms with Crippen molar-refractivity contribution in [1.29, 1.82) is 0 Å². The Morgan fingerprint density at radius 3 is 2.47 bits per heavy atom. The molecule has 0 aliphatic carbocycles. The van der Waals surface area contributed by atoms with Crippen molar-refractivity contribution >= 4 is 11.8 Å². The topological polar surface area (TPSA) is 72.8 Å². The van der Waals surface area contributed by atoms with Crippen LogP contribution in [0.1, 0.15) is 6.92 Å². The van der Waals surface area contributed by atoms with Crippen LogP contribution in [0.5, 0.6) is 17.2 Å². The standard InChI is InChI=1S/C10H10O5/c1-6(11)10(13)15-7-3-4-9(14-2)8(12)5-7/h3-5,12H,1-2H3. The summed E-state index contributed by atoms with van der Waals surface area (Å²) in [6, 6.07) is 4.04. The van der Waals surface area contributed by atoms with E-state index in [2.05, 4.69) is 4.74 Å². The quantitative estimate of drug-likeness (QED) is 0.455. The van der Waals surface area contributed by atoms with E-state index in [1.807, 2.05) is 0 Å². The average Bonchev–Trinajstić information content (AvgIpc) is 2.18. The first-order valence-electron chi connectivity index (χ1n) is 4.14. The average molecular weight is 210 g/mol. The predicted molar refractivity (Wildman–Crippen MR) is 51.0 cm³/mol. The number of rotatable bonds is 3. The number of ether oxygens (including phenoxy) is 2. The fourth-order valence-electron chi connectivity index (χ4n) is 0.912. The molecule has 0 aliphatic rings. The van der Waals surface area contributed by atoms with Crippen LogP contribution in [-0.2, 0) is 9.59 Å². The number of Topliss-reactive ketones (excluding diaryl/α,β-unsaturated/α-hetero) is 1. The highest BCUT2D eigenvalue weighted by Gasteiger charge is 2.11. The van der Waals surface area contributed by atoms with Crippen molar-refractivity contribution < 1.29 is 24.2 Å². The summed E-state index contributed by atoms with van der Waals surface area (Å²) in [6.07, 6.45) is 0. The maximum Gasteiger partial charge on any atom is 0.379 e. The molecule has 0 radical (unpaired) electrons. The maximum absolute atomic E-state index is 10.9. The third kappa shape index (κ3) is 2.70. The lowest BCUT2D eigenvalue weighted by molar-refractivity contribution is -0.146. The molecule has 0 saturated carbocycles. The lowest BCUT2D eigenvalue weighted by Crippen LogP contribution is -2.16. The molecule has 0 bridgehead atoms. The van der Waals surface area contributed by atoms with Crippen molar-refractivity contribution in [1.82, 2.24) is 0 Å². The molecule has 0 fully saturated rings. The second-order valence-electron chi connectivity index (χ2n) is 2.78. The van der Waals surface area contributed by atoms with E-state index in [-0.39, 0.29) is 17.2 Å². The third-order valence-corrected chi connectivity index (χ3v) is 1.65. The molecule has 0 spiro atoms. The van der Waals surface area contributed by atoms with Crippen LogP contribution in [0.4, 0.5) is 0 Å². The van der Waals surface area contributed by atoms with E-state index in [1.165, 1.54) is 25.3 Å². The summed E-state index contributed by atoms with van der Waals surface area (Å²) >= 11 is 0. The molecule has 5 heteroatoms. The summed E-state index contributed by atoms with van der Waals surface area (Å²) in [5.74, 6) is -1.48. The summed E-state index contributed by atoms with van der Waals surface area (Å²) in [7, 11) is 1.40. The summed E-state index contributed by atoms with van der Waals surface area (Å²) in [6.45, 7) is 1.10. The largest absolute Gasteiger partial charge is 0.504 e. The zero-order valence-corrected chi connectivity index (χ0v) is 8.31. The monoisotopic (exact) mass is 210 g/mol. The molecule has 80 valence electrons. The number of aromatic hydroxyl groups is 1. The van der Waals surface area contributed by atoms with Gasteiger partial charge in [-0.15, -0.1) is 0 Å². The van der Waals surface area contributed by atoms with Gasteiger partial charge in [0.15, 0.2) is 11.5 Å². The third-order valence-electron chi connectivity index (χ3n) is 1.65. The van der Waals surface area contributed by atoms with Crippen molar-refractivity contribution in [2.45, 2.75) is 6.92 Å². The summed E-state index contributed by atoms with van der Waals surface area (Å²) in [5, 5.41) is 9.34. The highest BCUT2D eigenvalue weighted by molar-refractivity contribution is 6.33. The van der Waals surface area contributed by atoms with Gasteiger partial charge >= 0.3 is 5.97 Å². The summed E-state index contributed by atoms with van der Waals surface area (Å²) in [4.78, 5) is 21.5. The fraction of sp³-hybridized carbons (Fsp3) is 0.200. The van der Waals surface area contributed by atoms with Crippen LogP contribution < -0.4 is 9.47 Å². The Morgan fingerprint density at radius 2 is 2.00 bits per heavy atom. The SMILES string of the molecule is COc1ccc(OC(=O)C(C)=O)cc1O. The van der Waals surface area contributed by atoms with Crippen LogP contribution in [0, 0.1) is 0 Å². The fourth-order valence-corrected chi connectivity index (χ4v) is 0.912. The number of esters is 1. The Labute approximate surface area is 86.2 Å². The van der Waals surface area contributed by atoms with Crippen LogP contribution in [0.2, 0.25) is 0 Å². The smallest absolute Gasteiger partial charge is 0.379 e. The highest BCUT2D eigenvalue weighted by Crippen LogP contribution is 2.29. The number of hydrogen-bond donors (Lipinski definition) is 1. The molecule has 0 heterocycles. The molecule has 1 N–H and O–H groups in total. The molecule has 1 rings (SSSR count). The van der Waals surface area contributed by atoms with Gasteiger partial charge in [-0.3, -0.25) is 4.79 Å². The van der Waals surface area contributed by atoms with Gasteiger partial charge < -0.3 is 14.6 Å². The molecule has 15 heavy (non-hydrogen) atoms. The van der Waals surface area contributed by atoms with E-state index in [0.29, 0.717) is 0 Å². The number of hydrogen-bond acceptors (Lipinski definition) is 5. The molecule has 0 amide bonds. The van der Waals surface area contributed by atoms with Gasteiger partial charge in [-0.2, -0.15) is 0 Å². The summed E-state index contributed by atoms with van der Waals surface area (Å²) < 4.78 is 9.45. The molecular formula is C10H10O5. The van der Waals surface area contributed by atoms with Gasteiger partial charge in [0.05, 0.1) is 7.11 Å². The van der Waals surface area contributed by atoms with Gasteiger partial charge in [0.25, 0.3) is 0 Å². The molecule has 0 unspecified atom stereocenters. The first-order chi connectivity index (χ1) is 7.04. The van der Waals surface area contributed by atoms with E-state index in [4.69, 9.17) is 4.74 Å². The van der Waals surface area contributed by atoms with Crippen molar-refractivity contribution in [3.63, 3.8) is 0 Å². The number of methoxy groups -OCH3 is 1. The van der Waals surface area contributed by atoms with Crippen molar-refractivity contribution in [3.8, 4) is 17.2 Å². The molecular weight excluding hydrogens is 200 g/mol. The van der Waals surface area contributed by atoms with Gasteiger partial charge in [0.1, 0.15) is 5.75 Å². The molecule has 0 aromatic heterocycles.